The lowest BCUT2D eigenvalue weighted by Crippen LogP contribution is -2.38. The minimum atomic E-state index is -0.780. The van der Waals surface area contributed by atoms with Gasteiger partial charge in [-0.15, -0.1) is 0 Å². The van der Waals surface area contributed by atoms with Crippen LogP contribution in [-0.4, -0.2) is 58.4 Å². The summed E-state index contributed by atoms with van der Waals surface area (Å²) < 4.78 is 11.2. The van der Waals surface area contributed by atoms with Gasteiger partial charge in [0.05, 0.1) is 35.4 Å². The summed E-state index contributed by atoms with van der Waals surface area (Å²) in [7, 11) is 0. The monoisotopic (exact) mass is 428 g/mol. The summed E-state index contributed by atoms with van der Waals surface area (Å²) in [5.41, 5.74) is 3.90. The molecule has 0 spiro atoms. The number of aromatic nitrogens is 3. The second-order valence-corrected chi connectivity index (χ2v) is 8.03. The molecule has 8 nitrogen and oxygen atoms in total. The number of nitrogens with one attached hydrogen (secondary N) is 1. The summed E-state index contributed by atoms with van der Waals surface area (Å²) in [6, 6.07) is 10.3. The second-order valence-electron chi connectivity index (χ2n) is 7.62. The molecule has 3 heterocycles. The molecule has 1 saturated carbocycles. The zero-order valence-corrected chi connectivity index (χ0v) is 16.9. The molecular formula is C21H21ClN4O4. The van der Waals surface area contributed by atoms with E-state index in [1.807, 2.05) is 12.1 Å². The molecule has 1 aromatic carbocycles. The van der Waals surface area contributed by atoms with Gasteiger partial charge in [-0.1, -0.05) is 23.7 Å². The second kappa shape index (κ2) is 7.77. The molecule has 0 atom stereocenters. The molecule has 156 valence electrons. The van der Waals surface area contributed by atoms with Crippen molar-refractivity contribution in [3.8, 4) is 17.3 Å². The van der Waals surface area contributed by atoms with E-state index in [1.54, 1.807) is 6.07 Å². The number of halogens is 1. The number of hydrogen-bond donors (Lipinski definition) is 2. The van der Waals surface area contributed by atoms with Crippen LogP contribution < -0.4 is 9.64 Å². The van der Waals surface area contributed by atoms with Gasteiger partial charge in [-0.2, -0.15) is 4.98 Å². The van der Waals surface area contributed by atoms with Crippen molar-refractivity contribution >= 4 is 34.4 Å². The molecule has 1 aliphatic heterocycles. The summed E-state index contributed by atoms with van der Waals surface area (Å²) in [4.78, 5) is 25.3. The van der Waals surface area contributed by atoms with Gasteiger partial charge in [-0.25, -0.2) is 4.98 Å². The van der Waals surface area contributed by atoms with Gasteiger partial charge in [0.25, 0.3) is 6.01 Å². The van der Waals surface area contributed by atoms with Crippen molar-refractivity contribution in [2.45, 2.75) is 18.9 Å². The zero-order chi connectivity index (χ0) is 20.7. The van der Waals surface area contributed by atoms with Crippen LogP contribution in [0.3, 0.4) is 0 Å². The quantitative estimate of drug-likeness (QED) is 0.642. The molecule has 2 fully saturated rings. The number of H-pyrrole nitrogens is 1. The average Bonchev–Trinajstić information content (AvgIpc) is 3.11. The van der Waals surface area contributed by atoms with Crippen molar-refractivity contribution < 1.29 is 19.4 Å². The fourth-order valence-electron chi connectivity index (χ4n) is 3.83. The summed E-state index contributed by atoms with van der Waals surface area (Å²) >= 11 is 6.49. The molecule has 30 heavy (non-hydrogen) atoms. The Morgan fingerprint density at radius 2 is 1.93 bits per heavy atom. The summed E-state index contributed by atoms with van der Waals surface area (Å²) in [6.45, 7) is 3.25. The highest BCUT2D eigenvalue weighted by atomic mass is 35.5. The first-order valence-electron chi connectivity index (χ1n) is 9.95. The first kappa shape index (κ1) is 19.1. The SMILES string of the molecule is O=C(O)C1CC(Oc2nc3nc(-c4ccc(N5CCOCC5)cc4)c(Cl)cc3[nH]2)C1. The van der Waals surface area contributed by atoms with Crippen LogP contribution in [0, 0.1) is 5.92 Å². The zero-order valence-electron chi connectivity index (χ0n) is 16.2. The molecule has 2 aliphatic rings. The van der Waals surface area contributed by atoms with Crippen molar-refractivity contribution in [3.63, 3.8) is 0 Å². The Morgan fingerprint density at radius 3 is 2.63 bits per heavy atom. The number of nitrogens with zero attached hydrogens (tertiary/aromatic N) is 3. The molecule has 0 unspecified atom stereocenters. The van der Waals surface area contributed by atoms with Crippen LogP contribution in [0.15, 0.2) is 30.3 Å². The molecule has 0 bridgehead atoms. The maximum Gasteiger partial charge on any atom is 0.306 e. The number of aromatic amines is 1. The molecule has 0 amide bonds. The van der Waals surface area contributed by atoms with Crippen LogP contribution in [0.2, 0.25) is 5.02 Å². The van der Waals surface area contributed by atoms with Crippen LogP contribution in [-0.2, 0) is 9.53 Å². The largest absolute Gasteiger partial charge is 0.481 e. The first-order chi connectivity index (χ1) is 14.6. The molecule has 2 N–H and O–H groups in total. The molecule has 5 rings (SSSR count). The summed E-state index contributed by atoms with van der Waals surface area (Å²) in [5, 5.41) is 9.50. The average molecular weight is 429 g/mol. The highest BCUT2D eigenvalue weighted by Gasteiger charge is 2.36. The normalized spacial score (nSPS) is 21.4. The van der Waals surface area contributed by atoms with Gasteiger partial charge in [0.15, 0.2) is 5.65 Å². The van der Waals surface area contributed by atoms with E-state index in [0.717, 1.165) is 37.6 Å². The van der Waals surface area contributed by atoms with Crippen LogP contribution in [0.1, 0.15) is 12.8 Å². The smallest absolute Gasteiger partial charge is 0.306 e. The van der Waals surface area contributed by atoms with Crippen molar-refractivity contribution in [2.75, 3.05) is 31.2 Å². The Bertz CT molecular complexity index is 1070. The maximum atomic E-state index is 10.9. The lowest BCUT2D eigenvalue weighted by atomic mass is 9.82. The molecule has 3 aromatic rings. The Balaban J connectivity index is 1.34. The van der Waals surface area contributed by atoms with E-state index in [0.29, 0.717) is 40.7 Å². The third kappa shape index (κ3) is 3.68. The Labute approximate surface area is 177 Å². The van der Waals surface area contributed by atoms with E-state index >= 15 is 0 Å². The van der Waals surface area contributed by atoms with Gasteiger partial charge >= 0.3 is 5.97 Å². The molecule has 2 aromatic heterocycles. The predicted molar refractivity (Wildman–Crippen MR) is 112 cm³/mol. The van der Waals surface area contributed by atoms with Gasteiger partial charge < -0.3 is 24.5 Å². The van der Waals surface area contributed by atoms with Gasteiger partial charge in [-0.05, 0) is 31.0 Å². The number of ether oxygens (including phenoxy) is 2. The number of fused-ring (bicyclic) bond motifs is 1. The standard InChI is InChI=1S/C21H21ClN4O4/c22-16-11-17-19(25-21(23-17)30-15-9-13(10-15)20(27)28)24-18(16)12-1-3-14(4-2-12)26-5-7-29-8-6-26/h1-4,11,13,15H,5-10H2,(H,27,28)(H,23,24,25). The Kier molecular flexibility index (Phi) is 4.96. The molecule has 1 saturated heterocycles. The number of morpholine rings is 1. The van der Waals surface area contributed by atoms with Crippen LogP contribution in [0.5, 0.6) is 6.01 Å². The lowest BCUT2D eigenvalue weighted by molar-refractivity contribution is -0.148. The van der Waals surface area contributed by atoms with Crippen molar-refractivity contribution in [2.24, 2.45) is 5.92 Å². The minimum absolute atomic E-state index is 0.144. The number of imidazole rings is 1. The van der Waals surface area contributed by atoms with Gasteiger partial charge in [0.1, 0.15) is 6.10 Å². The number of aliphatic carboxylic acids is 1. The molecule has 0 radical (unpaired) electrons. The third-order valence-electron chi connectivity index (χ3n) is 5.64. The number of carbonyl (C=O) groups is 1. The topological polar surface area (TPSA) is 101 Å². The Hall–Kier alpha value is -2.84. The molecule has 9 heteroatoms. The fraction of sp³-hybridized carbons (Fsp3) is 0.381. The highest BCUT2D eigenvalue weighted by molar-refractivity contribution is 6.33. The van der Waals surface area contributed by atoms with Crippen molar-refractivity contribution in [3.05, 3.63) is 35.4 Å². The van der Waals surface area contributed by atoms with Crippen molar-refractivity contribution in [1.29, 1.82) is 0 Å². The number of pyridine rings is 1. The maximum absolute atomic E-state index is 10.9. The van der Waals surface area contributed by atoms with Gasteiger partial charge in [-0.3, -0.25) is 4.79 Å². The van der Waals surface area contributed by atoms with Crippen LogP contribution in [0.25, 0.3) is 22.4 Å². The van der Waals surface area contributed by atoms with E-state index in [1.165, 1.54) is 0 Å². The van der Waals surface area contributed by atoms with Crippen molar-refractivity contribution in [1.82, 2.24) is 15.0 Å². The number of benzene rings is 1. The lowest BCUT2D eigenvalue weighted by Gasteiger charge is -2.31. The van der Waals surface area contributed by atoms with Crippen LogP contribution >= 0.6 is 11.6 Å². The third-order valence-corrected chi connectivity index (χ3v) is 5.93. The van der Waals surface area contributed by atoms with E-state index in [2.05, 4.69) is 32.0 Å². The number of carboxylic acid groups (broad SMARTS) is 1. The molecular weight excluding hydrogens is 408 g/mol. The number of rotatable bonds is 5. The fourth-order valence-corrected chi connectivity index (χ4v) is 4.09. The predicted octanol–water partition coefficient (Wildman–Crippen LogP) is 3.36. The number of hydrogen-bond acceptors (Lipinski definition) is 6. The summed E-state index contributed by atoms with van der Waals surface area (Å²) in [5.74, 6) is -1.11. The van der Waals surface area contributed by atoms with E-state index in [4.69, 9.17) is 26.2 Å². The highest BCUT2D eigenvalue weighted by Crippen LogP contribution is 2.33. The Morgan fingerprint density at radius 1 is 1.20 bits per heavy atom. The number of anilines is 1. The summed E-state index contributed by atoms with van der Waals surface area (Å²) in [6.07, 6.45) is 0.831. The van der Waals surface area contributed by atoms with E-state index in [-0.39, 0.29) is 12.0 Å². The minimum Gasteiger partial charge on any atom is -0.481 e. The van der Waals surface area contributed by atoms with Crippen LogP contribution in [0.4, 0.5) is 5.69 Å². The first-order valence-corrected chi connectivity index (χ1v) is 10.3. The van der Waals surface area contributed by atoms with Gasteiger partial charge in [0.2, 0.25) is 0 Å². The number of carboxylic acids is 1. The van der Waals surface area contributed by atoms with E-state index < -0.39 is 5.97 Å². The van der Waals surface area contributed by atoms with Gasteiger partial charge in [0, 0.05) is 24.3 Å². The van der Waals surface area contributed by atoms with E-state index in [9.17, 15) is 4.79 Å². The molecule has 1 aliphatic carbocycles.